The van der Waals surface area contributed by atoms with Crippen molar-refractivity contribution >= 4 is 44.2 Å². The quantitative estimate of drug-likeness (QED) is 0.347. The minimum Gasteiger partial charge on any atom is -0.394 e. The maximum absolute atomic E-state index is 14.3. The fraction of sp³-hybridized carbons (Fsp3) is 0.200. The molecule has 6 rings (SSSR count). The summed E-state index contributed by atoms with van der Waals surface area (Å²) < 4.78 is 14.3. The summed E-state index contributed by atoms with van der Waals surface area (Å²) in [6.45, 7) is 0. The summed E-state index contributed by atoms with van der Waals surface area (Å²) in [5, 5.41) is 8.79. The molecule has 0 spiro atoms. The van der Waals surface area contributed by atoms with Gasteiger partial charge in [0.25, 0.3) is 5.56 Å². The minimum absolute atomic E-state index is 0.0598. The van der Waals surface area contributed by atoms with Gasteiger partial charge in [-0.05, 0) is 54.2 Å². The van der Waals surface area contributed by atoms with Crippen molar-refractivity contribution in [1.82, 2.24) is 20.2 Å². The van der Waals surface area contributed by atoms with Crippen molar-refractivity contribution in [2.24, 2.45) is 0 Å². The third kappa shape index (κ3) is 2.94. The molecular weight excluding hydrogens is 421 g/mol. The topological polar surface area (TPSA) is 118 Å². The first kappa shape index (κ1) is 19.6. The highest BCUT2D eigenvalue weighted by Crippen LogP contribution is 2.42. The molecule has 1 saturated carbocycles. The zero-order chi connectivity index (χ0) is 22.7. The lowest BCUT2D eigenvalue weighted by atomic mass is 9.81. The van der Waals surface area contributed by atoms with Gasteiger partial charge < -0.3 is 10.7 Å². The molecule has 8 heteroatoms. The molecule has 3 aromatic heterocycles. The molecule has 3 heterocycles. The van der Waals surface area contributed by atoms with Gasteiger partial charge in [0, 0.05) is 40.8 Å². The monoisotopic (exact) mass is 441 g/mol. The Kier molecular flexibility index (Phi) is 4.29. The summed E-state index contributed by atoms with van der Waals surface area (Å²) in [6, 6.07) is 8.76. The van der Waals surface area contributed by atoms with E-state index in [0.717, 1.165) is 34.7 Å². The summed E-state index contributed by atoms with van der Waals surface area (Å²) in [5.74, 6) is 0.0288. The highest BCUT2D eigenvalue weighted by molar-refractivity contribution is 6.15. The number of carbonyl (C=O) groups is 1. The van der Waals surface area contributed by atoms with Crippen LogP contribution in [0.15, 0.2) is 47.5 Å². The number of nitrogens with one attached hydrogen (secondary N) is 2. The standard InChI is InChI=1S/C25H20FN5O2/c26-19-8-7-14(18-11-29-31-24(18)19)20-17-10-16(12-3-5-13(32)6-4-12)22-15(2-1-9-28-22)23(17)30-25(33)21(20)27/h1-2,7-12H,3-6,27H2,(H,29,31)(H,30,33). The molecule has 164 valence electrons. The third-order valence-corrected chi connectivity index (χ3v) is 6.76. The van der Waals surface area contributed by atoms with Gasteiger partial charge in [0.1, 0.15) is 22.8 Å². The van der Waals surface area contributed by atoms with E-state index in [4.69, 9.17) is 5.73 Å². The van der Waals surface area contributed by atoms with E-state index in [1.54, 1.807) is 12.3 Å². The first-order valence-corrected chi connectivity index (χ1v) is 10.9. The lowest BCUT2D eigenvalue weighted by Gasteiger charge is -2.23. The molecular formula is C25H20FN5O2. The second-order valence-electron chi connectivity index (χ2n) is 8.60. The number of nitrogen functional groups attached to an aromatic ring is 1. The molecule has 0 aliphatic heterocycles. The summed E-state index contributed by atoms with van der Waals surface area (Å²) in [4.78, 5) is 32.3. The predicted octanol–water partition coefficient (Wildman–Crippen LogP) is 4.57. The van der Waals surface area contributed by atoms with E-state index in [1.165, 1.54) is 12.3 Å². The van der Waals surface area contributed by atoms with Crippen LogP contribution >= 0.6 is 0 Å². The molecule has 0 atom stereocenters. The van der Waals surface area contributed by atoms with Crippen LogP contribution in [0.25, 0.3) is 43.8 Å². The Labute approximate surface area is 186 Å². The number of hydrogen-bond acceptors (Lipinski definition) is 5. The highest BCUT2D eigenvalue weighted by atomic mass is 19.1. The molecule has 5 aromatic rings. The van der Waals surface area contributed by atoms with E-state index >= 15 is 0 Å². The highest BCUT2D eigenvalue weighted by Gasteiger charge is 2.25. The first-order valence-electron chi connectivity index (χ1n) is 10.9. The van der Waals surface area contributed by atoms with Crippen LogP contribution in [0.2, 0.25) is 0 Å². The molecule has 4 N–H and O–H groups in total. The van der Waals surface area contributed by atoms with Gasteiger partial charge in [0.2, 0.25) is 0 Å². The van der Waals surface area contributed by atoms with Crippen LogP contribution in [0.3, 0.4) is 0 Å². The van der Waals surface area contributed by atoms with E-state index in [0.29, 0.717) is 34.9 Å². The fourth-order valence-electron chi connectivity index (χ4n) is 5.12. The van der Waals surface area contributed by atoms with Gasteiger partial charge in [-0.25, -0.2) is 4.39 Å². The van der Waals surface area contributed by atoms with Crippen LogP contribution in [0.1, 0.15) is 37.2 Å². The van der Waals surface area contributed by atoms with Gasteiger partial charge >= 0.3 is 0 Å². The SMILES string of the molecule is Nc1c(-c2ccc(F)c3[nH]ncc23)c2cc(C3CCC(=O)CC3)c3ncccc3c2[nH]c1=O. The number of nitrogens with zero attached hydrogens (tertiary/aromatic N) is 2. The molecule has 0 amide bonds. The number of aromatic nitrogens is 4. The Bertz CT molecular complexity index is 1640. The summed E-state index contributed by atoms with van der Waals surface area (Å²) in [6.07, 6.45) is 5.88. The molecule has 1 aliphatic rings. The Morgan fingerprint density at radius 3 is 2.67 bits per heavy atom. The van der Waals surface area contributed by atoms with Crippen molar-refractivity contribution < 1.29 is 9.18 Å². The van der Waals surface area contributed by atoms with Crippen LogP contribution in [-0.2, 0) is 4.79 Å². The number of H-pyrrole nitrogens is 2. The van der Waals surface area contributed by atoms with Crippen molar-refractivity contribution in [3.05, 3.63) is 64.5 Å². The lowest BCUT2D eigenvalue weighted by molar-refractivity contribution is -0.120. The molecule has 1 aliphatic carbocycles. The number of fused-ring (bicyclic) bond motifs is 4. The predicted molar refractivity (Wildman–Crippen MR) is 126 cm³/mol. The Hall–Kier alpha value is -4.07. The summed E-state index contributed by atoms with van der Waals surface area (Å²) in [7, 11) is 0. The van der Waals surface area contributed by atoms with E-state index in [9.17, 15) is 14.0 Å². The Balaban J connectivity index is 1.74. The summed E-state index contributed by atoms with van der Waals surface area (Å²) >= 11 is 0. The summed E-state index contributed by atoms with van der Waals surface area (Å²) in [5.41, 5.74) is 9.88. The van der Waals surface area contributed by atoms with E-state index in [1.807, 2.05) is 18.2 Å². The van der Waals surface area contributed by atoms with Crippen LogP contribution in [-0.4, -0.2) is 25.9 Å². The number of Topliss-reactive ketones (excluding diaryl/α,β-unsaturated/α-hetero) is 1. The van der Waals surface area contributed by atoms with Crippen molar-refractivity contribution in [3.63, 3.8) is 0 Å². The second-order valence-corrected chi connectivity index (χ2v) is 8.60. The number of pyridine rings is 2. The van der Waals surface area contributed by atoms with Crippen LogP contribution in [0, 0.1) is 5.82 Å². The van der Waals surface area contributed by atoms with Gasteiger partial charge in [-0.2, -0.15) is 5.10 Å². The zero-order valence-corrected chi connectivity index (χ0v) is 17.6. The maximum atomic E-state index is 14.3. The number of benzene rings is 2. The number of halogens is 1. The molecule has 7 nitrogen and oxygen atoms in total. The molecule has 0 saturated heterocycles. The average molecular weight is 441 g/mol. The normalized spacial score (nSPS) is 15.1. The second kappa shape index (κ2) is 7.23. The Morgan fingerprint density at radius 2 is 1.85 bits per heavy atom. The lowest BCUT2D eigenvalue weighted by Crippen LogP contribution is -2.15. The van der Waals surface area contributed by atoms with Crippen molar-refractivity contribution in [3.8, 4) is 11.1 Å². The van der Waals surface area contributed by atoms with E-state index in [-0.39, 0.29) is 22.9 Å². The number of hydrogen-bond donors (Lipinski definition) is 3. The van der Waals surface area contributed by atoms with Crippen LogP contribution in [0.4, 0.5) is 10.1 Å². The number of aromatic amines is 2. The molecule has 0 bridgehead atoms. The van der Waals surface area contributed by atoms with Crippen LogP contribution < -0.4 is 11.3 Å². The first-order chi connectivity index (χ1) is 16.0. The number of anilines is 1. The number of rotatable bonds is 2. The van der Waals surface area contributed by atoms with Crippen molar-refractivity contribution in [2.45, 2.75) is 31.6 Å². The van der Waals surface area contributed by atoms with Gasteiger partial charge in [-0.3, -0.25) is 19.7 Å². The van der Waals surface area contributed by atoms with Crippen LogP contribution in [0.5, 0.6) is 0 Å². The van der Waals surface area contributed by atoms with Crippen molar-refractivity contribution in [2.75, 3.05) is 5.73 Å². The number of carbonyl (C=O) groups excluding carboxylic acids is 1. The van der Waals surface area contributed by atoms with Gasteiger partial charge in [-0.15, -0.1) is 0 Å². The van der Waals surface area contributed by atoms with Gasteiger partial charge in [0.05, 0.1) is 17.2 Å². The molecule has 0 radical (unpaired) electrons. The molecule has 1 fully saturated rings. The molecule has 0 unspecified atom stereocenters. The largest absolute Gasteiger partial charge is 0.394 e. The smallest absolute Gasteiger partial charge is 0.272 e. The van der Waals surface area contributed by atoms with E-state index < -0.39 is 11.4 Å². The number of nitrogens with two attached hydrogens (primary N) is 1. The molecule has 2 aromatic carbocycles. The Morgan fingerprint density at radius 1 is 1.03 bits per heavy atom. The van der Waals surface area contributed by atoms with E-state index in [2.05, 4.69) is 20.2 Å². The molecule has 33 heavy (non-hydrogen) atoms. The zero-order valence-electron chi connectivity index (χ0n) is 17.6. The van der Waals surface area contributed by atoms with Gasteiger partial charge in [-0.1, -0.05) is 6.07 Å². The average Bonchev–Trinajstić information content (AvgIpc) is 3.32. The third-order valence-electron chi connectivity index (χ3n) is 6.76. The number of ketones is 1. The van der Waals surface area contributed by atoms with Gasteiger partial charge in [0.15, 0.2) is 0 Å². The minimum atomic E-state index is -0.429. The fourth-order valence-corrected chi connectivity index (χ4v) is 5.12. The maximum Gasteiger partial charge on any atom is 0.272 e. The van der Waals surface area contributed by atoms with Crippen molar-refractivity contribution in [1.29, 1.82) is 0 Å².